The van der Waals surface area contributed by atoms with Crippen molar-refractivity contribution in [1.29, 1.82) is 0 Å². The van der Waals surface area contributed by atoms with Crippen LogP contribution in [-0.2, 0) is 9.53 Å². The van der Waals surface area contributed by atoms with Gasteiger partial charge in [0.15, 0.2) is 5.96 Å². The number of aromatic nitrogens is 1. The molecule has 2 aliphatic rings. The second-order valence-corrected chi connectivity index (χ2v) is 7.59. The largest absolute Gasteiger partial charge is 0.376 e. The number of guanidine groups is 1. The summed E-state index contributed by atoms with van der Waals surface area (Å²) in [5.41, 5.74) is 0. The van der Waals surface area contributed by atoms with Gasteiger partial charge in [0.1, 0.15) is 12.4 Å². The predicted octanol–water partition coefficient (Wildman–Crippen LogP) is 1.47. The number of carbonyl (C=O) groups excluding carboxylic acids is 1. The van der Waals surface area contributed by atoms with Crippen LogP contribution in [0.4, 0.5) is 5.82 Å². The number of nitrogens with one attached hydrogen (secondary N) is 2. The first-order valence-corrected chi connectivity index (χ1v) is 10.1. The summed E-state index contributed by atoms with van der Waals surface area (Å²) in [5.74, 6) is 1.66. The molecule has 1 aromatic rings. The fourth-order valence-corrected chi connectivity index (χ4v) is 3.44. The molecule has 3 rings (SSSR count). The van der Waals surface area contributed by atoms with Crippen LogP contribution in [0.3, 0.4) is 0 Å². The second-order valence-electron chi connectivity index (χ2n) is 7.59. The molecule has 0 saturated carbocycles. The third-order valence-corrected chi connectivity index (χ3v) is 5.14. The minimum absolute atomic E-state index is 0. The van der Waals surface area contributed by atoms with Crippen molar-refractivity contribution in [2.24, 2.45) is 4.99 Å². The number of rotatable bonds is 6. The van der Waals surface area contributed by atoms with E-state index in [2.05, 4.69) is 25.5 Å². The van der Waals surface area contributed by atoms with Crippen molar-refractivity contribution in [3.63, 3.8) is 0 Å². The van der Waals surface area contributed by atoms with Gasteiger partial charge in [0, 0.05) is 52.6 Å². The molecule has 1 aromatic heterocycles. The maximum atomic E-state index is 11.9. The molecule has 162 valence electrons. The van der Waals surface area contributed by atoms with Crippen molar-refractivity contribution < 1.29 is 9.53 Å². The number of aliphatic imine (C=N–C) groups is 1. The van der Waals surface area contributed by atoms with Gasteiger partial charge < -0.3 is 25.2 Å². The first kappa shape index (κ1) is 23.7. The SMILES string of the molecule is CN(C)C(=O)CN=C(NCC1CCCCO1)NC1CCN(c2ccccn2)C1.I. The third-order valence-electron chi connectivity index (χ3n) is 5.14. The predicted molar refractivity (Wildman–Crippen MR) is 126 cm³/mol. The molecule has 9 heteroatoms. The number of ether oxygens (including phenoxy) is 1. The highest BCUT2D eigenvalue weighted by molar-refractivity contribution is 14.0. The van der Waals surface area contributed by atoms with Gasteiger partial charge in [-0.2, -0.15) is 0 Å². The maximum Gasteiger partial charge on any atom is 0.243 e. The zero-order valence-electron chi connectivity index (χ0n) is 17.3. The molecule has 2 atom stereocenters. The van der Waals surface area contributed by atoms with E-state index in [1.54, 1.807) is 19.0 Å². The Kier molecular flexibility index (Phi) is 9.92. The second kappa shape index (κ2) is 12.2. The molecule has 2 aliphatic heterocycles. The number of anilines is 1. The minimum atomic E-state index is -0.0171. The van der Waals surface area contributed by atoms with Crippen molar-refractivity contribution in [1.82, 2.24) is 20.5 Å². The van der Waals surface area contributed by atoms with Crippen LogP contribution in [0.15, 0.2) is 29.4 Å². The van der Waals surface area contributed by atoms with Crippen LogP contribution in [0, 0.1) is 0 Å². The molecule has 0 aromatic carbocycles. The smallest absolute Gasteiger partial charge is 0.243 e. The van der Waals surface area contributed by atoms with E-state index in [4.69, 9.17) is 4.74 Å². The van der Waals surface area contributed by atoms with Crippen LogP contribution < -0.4 is 15.5 Å². The van der Waals surface area contributed by atoms with Gasteiger partial charge in [-0.05, 0) is 37.8 Å². The first-order chi connectivity index (χ1) is 13.6. The summed E-state index contributed by atoms with van der Waals surface area (Å²) in [4.78, 5) is 24.7. The highest BCUT2D eigenvalue weighted by Crippen LogP contribution is 2.17. The van der Waals surface area contributed by atoms with Gasteiger partial charge in [0.05, 0.1) is 6.10 Å². The topological polar surface area (TPSA) is 82.1 Å². The third kappa shape index (κ3) is 7.61. The number of pyridine rings is 1. The van der Waals surface area contributed by atoms with Gasteiger partial charge in [-0.15, -0.1) is 24.0 Å². The van der Waals surface area contributed by atoms with Gasteiger partial charge in [-0.1, -0.05) is 6.07 Å². The molecule has 8 nitrogen and oxygen atoms in total. The Bertz CT molecular complexity index is 652. The zero-order valence-corrected chi connectivity index (χ0v) is 19.7. The summed E-state index contributed by atoms with van der Waals surface area (Å²) in [6.45, 7) is 3.47. The molecule has 2 unspecified atom stereocenters. The molecule has 0 radical (unpaired) electrons. The molecule has 29 heavy (non-hydrogen) atoms. The Morgan fingerprint density at radius 3 is 2.90 bits per heavy atom. The zero-order chi connectivity index (χ0) is 19.8. The Hall–Kier alpha value is -1.62. The number of hydrogen-bond acceptors (Lipinski definition) is 5. The van der Waals surface area contributed by atoms with Crippen molar-refractivity contribution in [2.75, 3.05) is 51.8 Å². The maximum absolute atomic E-state index is 11.9. The van der Waals surface area contributed by atoms with Crippen LogP contribution in [0.1, 0.15) is 25.7 Å². The van der Waals surface area contributed by atoms with E-state index in [9.17, 15) is 4.79 Å². The lowest BCUT2D eigenvalue weighted by Crippen LogP contribution is -2.47. The summed E-state index contributed by atoms with van der Waals surface area (Å²) in [6.07, 6.45) is 6.43. The van der Waals surface area contributed by atoms with Crippen LogP contribution in [0.5, 0.6) is 0 Å². The van der Waals surface area contributed by atoms with Gasteiger partial charge >= 0.3 is 0 Å². The average molecular weight is 516 g/mol. The van der Waals surface area contributed by atoms with E-state index in [-0.39, 0.29) is 48.6 Å². The van der Waals surface area contributed by atoms with E-state index >= 15 is 0 Å². The summed E-state index contributed by atoms with van der Waals surface area (Å²) >= 11 is 0. The molecule has 2 fully saturated rings. The Morgan fingerprint density at radius 1 is 1.34 bits per heavy atom. The van der Waals surface area contributed by atoms with Crippen LogP contribution in [0.2, 0.25) is 0 Å². The monoisotopic (exact) mass is 516 g/mol. The van der Waals surface area contributed by atoms with Crippen molar-refractivity contribution in [3.05, 3.63) is 24.4 Å². The van der Waals surface area contributed by atoms with Crippen LogP contribution >= 0.6 is 24.0 Å². The van der Waals surface area contributed by atoms with Crippen molar-refractivity contribution >= 4 is 41.7 Å². The van der Waals surface area contributed by atoms with E-state index in [1.807, 2.05) is 24.4 Å². The lowest BCUT2D eigenvalue weighted by atomic mass is 10.1. The number of likely N-dealkylation sites (N-methyl/N-ethyl adjacent to an activating group) is 1. The molecule has 0 bridgehead atoms. The van der Waals surface area contributed by atoms with Gasteiger partial charge in [-0.3, -0.25) is 4.79 Å². The summed E-state index contributed by atoms with van der Waals surface area (Å²) in [7, 11) is 3.49. The Labute approximate surface area is 190 Å². The molecule has 2 N–H and O–H groups in total. The molecule has 0 spiro atoms. The molecule has 2 saturated heterocycles. The fourth-order valence-electron chi connectivity index (χ4n) is 3.44. The quantitative estimate of drug-likeness (QED) is 0.339. The number of carbonyl (C=O) groups is 1. The lowest BCUT2D eigenvalue weighted by molar-refractivity contribution is -0.127. The molecular formula is C20H33IN6O2. The van der Waals surface area contributed by atoms with E-state index in [0.717, 1.165) is 44.8 Å². The standard InChI is InChI=1S/C20H32N6O2.HI/c1-25(2)19(27)14-23-20(22-13-17-7-4-6-12-28-17)24-16-9-11-26(15-16)18-8-3-5-10-21-18;/h3,5,8,10,16-17H,4,6-7,9,11-15H2,1-2H3,(H2,22,23,24);1H. The van der Waals surface area contributed by atoms with E-state index in [1.165, 1.54) is 6.42 Å². The van der Waals surface area contributed by atoms with Gasteiger partial charge in [0.2, 0.25) is 5.91 Å². The Morgan fingerprint density at radius 2 is 2.21 bits per heavy atom. The number of nitrogens with zero attached hydrogens (tertiary/aromatic N) is 4. The molecular weight excluding hydrogens is 483 g/mol. The van der Waals surface area contributed by atoms with Crippen LogP contribution in [0.25, 0.3) is 0 Å². The lowest BCUT2D eigenvalue weighted by Gasteiger charge is -2.25. The highest BCUT2D eigenvalue weighted by Gasteiger charge is 2.24. The Balaban J connectivity index is 0.00000300. The molecule has 0 aliphatic carbocycles. The molecule has 1 amide bonds. The van der Waals surface area contributed by atoms with E-state index in [0.29, 0.717) is 12.5 Å². The van der Waals surface area contributed by atoms with Gasteiger partial charge in [0.25, 0.3) is 0 Å². The summed E-state index contributed by atoms with van der Waals surface area (Å²) in [5, 5.41) is 6.87. The number of hydrogen-bond donors (Lipinski definition) is 2. The highest BCUT2D eigenvalue weighted by atomic mass is 127. The van der Waals surface area contributed by atoms with E-state index < -0.39 is 0 Å². The van der Waals surface area contributed by atoms with Crippen molar-refractivity contribution in [2.45, 2.75) is 37.8 Å². The van der Waals surface area contributed by atoms with Crippen LogP contribution in [-0.4, -0.2) is 80.8 Å². The van der Waals surface area contributed by atoms with Gasteiger partial charge in [-0.25, -0.2) is 9.98 Å². The number of halogens is 1. The minimum Gasteiger partial charge on any atom is -0.376 e. The van der Waals surface area contributed by atoms with Crippen molar-refractivity contribution in [3.8, 4) is 0 Å². The molecule has 3 heterocycles. The average Bonchev–Trinajstić information content (AvgIpc) is 3.19. The first-order valence-electron chi connectivity index (χ1n) is 10.1. The number of amides is 1. The summed E-state index contributed by atoms with van der Waals surface area (Å²) in [6, 6.07) is 6.23. The fraction of sp³-hybridized carbons (Fsp3) is 0.650. The normalized spacial score (nSPS) is 22.0. The summed E-state index contributed by atoms with van der Waals surface area (Å²) < 4.78 is 5.80.